The van der Waals surface area contributed by atoms with Gasteiger partial charge in [-0.25, -0.2) is 0 Å². The Morgan fingerprint density at radius 1 is 1.50 bits per heavy atom. The normalized spacial score (nSPS) is 30.7. The fourth-order valence-electron chi connectivity index (χ4n) is 3.81. The van der Waals surface area contributed by atoms with E-state index in [-0.39, 0.29) is 5.41 Å². The van der Waals surface area contributed by atoms with Crippen LogP contribution in [0.25, 0.3) is 0 Å². The van der Waals surface area contributed by atoms with E-state index in [0.29, 0.717) is 11.9 Å². The summed E-state index contributed by atoms with van der Waals surface area (Å²) in [7, 11) is 2.16. The third kappa shape index (κ3) is 1.39. The van der Waals surface area contributed by atoms with Gasteiger partial charge in [0.05, 0.1) is 11.9 Å². The van der Waals surface area contributed by atoms with Gasteiger partial charge in [-0.2, -0.15) is 0 Å². The number of benzene rings is 1. The smallest absolute Gasteiger partial charge is 0.117 e. The first kappa shape index (κ1) is 12.3. The Bertz CT molecular complexity index is 505. The van der Waals surface area contributed by atoms with Gasteiger partial charge in [0.2, 0.25) is 0 Å². The maximum absolute atomic E-state index is 9.86. The van der Waals surface area contributed by atoms with Crippen LogP contribution in [0.2, 0.25) is 0 Å². The second-order valence-electron chi connectivity index (χ2n) is 5.60. The molecule has 1 aromatic carbocycles. The molecule has 2 unspecified atom stereocenters. The van der Waals surface area contributed by atoms with Crippen LogP contribution < -0.4 is 4.90 Å². The summed E-state index contributed by atoms with van der Waals surface area (Å²) < 4.78 is 0.992. The number of phenols is 1. The van der Waals surface area contributed by atoms with Gasteiger partial charge in [0.25, 0.3) is 0 Å². The average Bonchev–Trinajstić information content (AvgIpc) is 2.74. The predicted molar refractivity (Wildman–Crippen MR) is 77.2 cm³/mol. The van der Waals surface area contributed by atoms with Crippen molar-refractivity contribution in [1.29, 1.82) is 0 Å². The van der Waals surface area contributed by atoms with E-state index in [1.165, 1.54) is 11.3 Å². The summed E-state index contributed by atoms with van der Waals surface area (Å²) in [6.07, 6.45) is 1.56. The zero-order valence-electron chi connectivity index (χ0n) is 11.1. The van der Waals surface area contributed by atoms with E-state index in [4.69, 9.17) is 0 Å². The van der Waals surface area contributed by atoms with Crippen LogP contribution in [0.4, 0.5) is 5.69 Å². The van der Waals surface area contributed by atoms with E-state index in [2.05, 4.69) is 46.6 Å². The van der Waals surface area contributed by atoms with Crippen molar-refractivity contribution in [2.45, 2.75) is 31.8 Å². The fourth-order valence-corrected chi connectivity index (χ4v) is 4.54. The van der Waals surface area contributed by atoms with Crippen LogP contribution in [-0.2, 0) is 5.41 Å². The molecule has 1 fully saturated rings. The number of phenolic OH excluding ortho intramolecular Hbond substituents is 1. The molecule has 0 bridgehead atoms. The minimum Gasteiger partial charge on any atom is -0.508 e. The van der Waals surface area contributed by atoms with Crippen molar-refractivity contribution < 1.29 is 5.11 Å². The van der Waals surface area contributed by atoms with Crippen LogP contribution >= 0.6 is 15.9 Å². The maximum Gasteiger partial charge on any atom is 0.117 e. The number of fused-ring (bicyclic) bond motifs is 3. The van der Waals surface area contributed by atoms with Crippen molar-refractivity contribution >= 4 is 21.6 Å². The van der Waals surface area contributed by atoms with Gasteiger partial charge in [0.1, 0.15) is 5.75 Å². The molecule has 2 aliphatic rings. The fraction of sp³-hybridized carbons (Fsp3) is 0.571. The number of hydrogen-bond donors (Lipinski definition) is 1. The molecule has 2 heterocycles. The zero-order valence-corrected chi connectivity index (χ0v) is 12.7. The molecule has 98 valence electrons. The minimum atomic E-state index is 0.126. The van der Waals surface area contributed by atoms with Gasteiger partial charge in [-0.15, -0.1) is 0 Å². The number of anilines is 1. The van der Waals surface area contributed by atoms with Crippen molar-refractivity contribution in [1.82, 2.24) is 4.90 Å². The Kier molecular flexibility index (Phi) is 2.65. The van der Waals surface area contributed by atoms with Gasteiger partial charge >= 0.3 is 0 Å². The Morgan fingerprint density at radius 2 is 2.22 bits per heavy atom. The highest BCUT2D eigenvalue weighted by atomic mass is 79.9. The molecule has 1 aromatic rings. The Labute approximate surface area is 117 Å². The number of hydrogen-bond acceptors (Lipinski definition) is 3. The van der Waals surface area contributed by atoms with Crippen LogP contribution in [0.5, 0.6) is 5.75 Å². The van der Waals surface area contributed by atoms with Gasteiger partial charge in [-0.1, -0.05) is 13.8 Å². The van der Waals surface area contributed by atoms with Gasteiger partial charge < -0.3 is 10.0 Å². The summed E-state index contributed by atoms with van der Waals surface area (Å²) in [6, 6.07) is 3.73. The molecule has 1 saturated heterocycles. The van der Waals surface area contributed by atoms with Crippen molar-refractivity contribution in [3.63, 3.8) is 0 Å². The third-order valence-corrected chi connectivity index (χ3v) is 5.23. The molecule has 0 saturated carbocycles. The quantitative estimate of drug-likeness (QED) is 0.864. The lowest BCUT2D eigenvalue weighted by atomic mass is 9.81. The monoisotopic (exact) mass is 310 g/mol. The van der Waals surface area contributed by atoms with E-state index in [1.807, 2.05) is 6.07 Å². The SMILES string of the molecule is CCN1CCC2(C)c3cc(O)cc(Br)c3N(C)C12. The number of aromatic hydroxyl groups is 1. The number of rotatable bonds is 1. The molecule has 4 heteroatoms. The number of nitrogens with zero attached hydrogens (tertiary/aromatic N) is 2. The summed E-state index contributed by atoms with van der Waals surface area (Å²) >= 11 is 3.59. The van der Waals surface area contributed by atoms with Crippen molar-refractivity contribution in [2.24, 2.45) is 0 Å². The summed E-state index contributed by atoms with van der Waals surface area (Å²) in [6.45, 7) is 6.74. The van der Waals surface area contributed by atoms with Gasteiger partial charge in [0, 0.05) is 23.5 Å². The maximum atomic E-state index is 9.86. The average molecular weight is 311 g/mol. The van der Waals surface area contributed by atoms with E-state index >= 15 is 0 Å². The lowest BCUT2D eigenvalue weighted by Gasteiger charge is -2.34. The lowest BCUT2D eigenvalue weighted by molar-refractivity contribution is 0.234. The number of likely N-dealkylation sites (tertiary alicyclic amines) is 1. The molecule has 18 heavy (non-hydrogen) atoms. The first-order valence-electron chi connectivity index (χ1n) is 6.49. The Hall–Kier alpha value is -0.740. The van der Waals surface area contributed by atoms with Gasteiger partial charge in [0.15, 0.2) is 0 Å². The molecule has 0 amide bonds. The van der Waals surface area contributed by atoms with E-state index in [9.17, 15) is 5.11 Å². The van der Waals surface area contributed by atoms with Crippen LogP contribution in [-0.4, -0.2) is 36.3 Å². The highest BCUT2D eigenvalue weighted by Crippen LogP contribution is 2.54. The molecule has 3 rings (SSSR count). The summed E-state index contributed by atoms with van der Waals surface area (Å²) in [5, 5.41) is 9.86. The lowest BCUT2D eigenvalue weighted by Crippen LogP contribution is -2.47. The van der Waals surface area contributed by atoms with Crippen molar-refractivity contribution in [3.8, 4) is 5.75 Å². The second-order valence-corrected chi connectivity index (χ2v) is 6.46. The molecular weight excluding hydrogens is 292 g/mol. The van der Waals surface area contributed by atoms with E-state index in [0.717, 1.165) is 24.0 Å². The van der Waals surface area contributed by atoms with Crippen LogP contribution in [0.15, 0.2) is 16.6 Å². The highest BCUT2D eigenvalue weighted by Gasteiger charge is 2.53. The summed E-state index contributed by atoms with van der Waals surface area (Å²) in [5.41, 5.74) is 2.64. The number of halogens is 1. The molecule has 3 nitrogen and oxygen atoms in total. The summed E-state index contributed by atoms with van der Waals surface area (Å²) in [4.78, 5) is 4.87. The van der Waals surface area contributed by atoms with Crippen molar-refractivity contribution in [2.75, 3.05) is 25.0 Å². The van der Waals surface area contributed by atoms with Crippen molar-refractivity contribution in [3.05, 3.63) is 22.2 Å². The molecule has 0 aliphatic carbocycles. The molecule has 2 aliphatic heterocycles. The zero-order chi connectivity index (χ0) is 13.1. The van der Waals surface area contributed by atoms with E-state index in [1.54, 1.807) is 6.07 Å². The molecular formula is C14H19BrN2O. The second kappa shape index (κ2) is 3.87. The largest absolute Gasteiger partial charge is 0.508 e. The molecule has 2 atom stereocenters. The van der Waals surface area contributed by atoms with Crippen LogP contribution in [0, 0.1) is 0 Å². The van der Waals surface area contributed by atoms with Gasteiger partial charge in [-0.3, -0.25) is 4.90 Å². The minimum absolute atomic E-state index is 0.126. The van der Waals surface area contributed by atoms with E-state index < -0.39 is 0 Å². The number of likely N-dealkylation sites (N-methyl/N-ethyl adjacent to an activating group) is 2. The Balaban J connectivity index is 2.19. The molecule has 0 radical (unpaired) electrons. The first-order chi connectivity index (χ1) is 8.49. The Morgan fingerprint density at radius 3 is 2.89 bits per heavy atom. The standard InChI is InChI=1S/C14H19BrN2O/c1-4-17-6-5-14(2)10-7-9(18)8-11(15)12(10)16(3)13(14)17/h7-8,13,18H,4-6H2,1-3H3. The van der Waals surface area contributed by atoms with Crippen LogP contribution in [0.1, 0.15) is 25.8 Å². The molecule has 0 spiro atoms. The third-order valence-electron chi connectivity index (χ3n) is 4.62. The summed E-state index contributed by atoms with van der Waals surface area (Å²) in [5.74, 6) is 0.353. The molecule has 0 aromatic heterocycles. The topological polar surface area (TPSA) is 26.7 Å². The first-order valence-corrected chi connectivity index (χ1v) is 7.28. The molecule has 1 N–H and O–H groups in total. The van der Waals surface area contributed by atoms with Gasteiger partial charge in [-0.05, 0) is 46.6 Å². The predicted octanol–water partition coefficient (Wildman–Crippen LogP) is 2.91. The van der Waals surface area contributed by atoms with Crippen LogP contribution in [0.3, 0.4) is 0 Å². The highest BCUT2D eigenvalue weighted by molar-refractivity contribution is 9.10.